The Bertz CT molecular complexity index is 613. The molecular weight excluding hydrogens is 302 g/mol. The molecule has 1 saturated heterocycles. The van der Waals surface area contributed by atoms with Crippen molar-refractivity contribution in [2.24, 2.45) is 0 Å². The zero-order valence-corrected chi connectivity index (χ0v) is 13.8. The van der Waals surface area contributed by atoms with E-state index in [1.165, 1.54) is 0 Å². The van der Waals surface area contributed by atoms with E-state index in [-0.39, 0.29) is 17.7 Å². The zero-order chi connectivity index (χ0) is 16.2. The normalized spacial score (nSPS) is 19.0. The van der Waals surface area contributed by atoms with Crippen LogP contribution in [0.5, 0.6) is 0 Å². The first kappa shape index (κ1) is 16.8. The van der Waals surface area contributed by atoms with Crippen molar-refractivity contribution in [1.82, 2.24) is 10.2 Å². The molecule has 0 spiro atoms. The van der Waals surface area contributed by atoms with E-state index < -0.39 is 10.0 Å². The molecule has 0 radical (unpaired) electrons. The molecule has 122 valence electrons. The van der Waals surface area contributed by atoms with Crippen molar-refractivity contribution in [3.63, 3.8) is 0 Å². The average Bonchev–Trinajstić information content (AvgIpc) is 2.47. The maximum Gasteiger partial charge on any atom is 0.254 e. The molecule has 22 heavy (non-hydrogen) atoms. The Balaban J connectivity index is 2.06. The van der Waals surface area contributed by atoms with Crippen LogP contribution in [0.3, 0.4) is 0 Å². The lowest BCUT2D eigenvalue weighted by atomic mass is 10.1. The van der Waals surface area contributed by atoms with E-state index >= 15 is 0 Å². The number of carbonyl (C=O) groups excluding carboxylic acids is 1. The van der Waals surface area contributed by atoms with Gasteiger partial charge in [0.2, 0.25) is 10.0 Å². The molecule has 7 heteroatoms. The number of anilines is 1. The first-order valence-electron chi connectivity index (χ1n) is 7.55. The second-order valence-electron chi connectivity index (χ2n) is 5.55. The van der Waals surface area contributed by atoms with Crippen LogP contribution < -0.4 is 10.0 Å². The van der Waals surface area contributed by atoms with Crippen LogP contribution in [0.4, 0.5) is 5.69 Å². The van der Waals surface area contributed by atoms with Gasteiger partial charge < -0.3 is 10.2 Å². The van der Waals surface area contributed by atoms with E-state index in [2.05, 4.69) is 10.0 Å². The van der Waals surface area contributed by atoms with Crippen molar-refractivity contribution in [2.75, 3.05) is 30.1 Å². The van der Waals surface area contributed by atoms with Crippen LogP contribution in [0.25, 0.3) is 0 Å². The third-order valence-electron chi connectivity index (χ3n) is 3.64. The molecule has 0 unspecified atom stereocenters. The highest BCUT2D eigenvalue weighted by atomic mass is 32.2. The molecule has 1 aliphatic rings. The van der Waals surface area contributed by atoms with Crippen molar-refractivity contribution in [1.29, 1.82) is 0 Å². The van der Waals surface area contributed by atoms with E-state index in [1.54, 1.807) is 24.3 Å². The van der Waals surface area contributed by atoms with E-state index in [0.29, 0.717) is 24.2 Å². The summed E-state index contributed by atoms with van der Waals surface area (Å²) in [5, 5.41) is 3.25. The van der Waals surface area contributed by atoms with E-state index in [1.807, 2.05) is 18.7 Å². The number of nitrogens with one attached hydrogen (secondary N) is 2. The topological polar surface area (TPSA) is 78.5 Å². The van der Waals surface area contributed by atoms with E-state index in [9.17, 15) is 13.2 Å². The van der Waals surface area contributed by atoms with Crippen LogP contribution >= 0.6 is 0 Å². The van der Waals surface area contributed by atoms with Crippen LogP contribution in [0.15, 0.2) is 24.3 Å². The number of nitrogens with zero attached hydrogens (tertiary/aromatic N) is 1. The number of amides is 1. The highest BCUT2D eigenvalue weighted by molar-refractivity contribution is 7.92. The fraction of sp³-hybridized carbons (Fsp3) is 0.533. The van der Waals surface area contributed by atoms with Crippen molar-refractivity contribution in [3.8, 4) is 0 Å². The van der Waals surface area contributed by atoms with Gasteiger partial charge in [0, 0.05) is 36.9 Å². The molecule has 1 fully saturated rings. The fourth-order valence-electron chi connectivity index (χ4n) is 2.49. The van der Waals surface area contributed by atoms with Crippen molar-refractivity contribution < 1.29 is 13.2 Å². The molecule has 2 N–H and O–H groups in total. The Labute approximate surface area is 131 Å². The van der Waals surface area contributed by atoms with Gasteiger partial charge in [-0.3, -0.25) is 9.52 Å². The van der Waals surface area contributed by atoms with Gasteiger partial charge in [-0.25, -0.2) is 8.42 Å². The average molecular weight is 325 g/mol. The summed E-state index contributed by atoms with van der Waals surface area (Å²) in [7, 11) is -3.30. The lowest BCUT2D eigenvalue weighted by molar-refractivity contribution is 0.0656. The number of hydrogen-bond donors (Lipinski definition) is 2. The highest BCUT2D eigenvalue weighted by Gasteiger charge is 2.23. The van der Waals surface area contributed by atoms with Crippen LogP contribution in [0, 0.1) is 0 Å². The summed E-state index contributed by atoms with van der Waals surface area (Å²) in [6.45, 7) is 6.10. The van der Waals surface area contributed by atoms with Crippen LogP contribution in [-0.2, 0) is 10.0 Å². The van der Waals surface area contributed by atoms with Gasteiger partial charge in [0.25, 0.3) is 5.91 Å². The smallest absolute Gasteiger partial charge is 0.254 e. The van der Waals surface area contributed by atoms with Crippen LogP contribution in [0.1, 0.15) is 30.6 Å². The van der Waals surface area contributed by atoms with Gasteiger partial charge in [-0.15, -0.1) is 0 Å². The van der Waals surface area contributed by atoms with Crippen molar-refractivity contribution in [3.05, 3.63) is 29.8 Å². The SMILES string of the molecule is CCCS(=O)(=O)Nc1ccc(C(=O)N2CCNC[C@@H]2C)cc1. The van der Waals surface area contributed by atoms with Crippen LogP contribution in [-0.4, -0.2) is 50.7 Å². The van der Waals surface area contributed by atoms with Gasteiger partial charge >= 0.3 is 0 Å². The maximum absolute atomic E-state index is 12.5. The van der Waals surface area contributed by atoms with E-state index in [0.717, 1.165) is 13.1 Å². The van der Waals surface area contributed by atoms with Crippen molar-refractivity contribution >= 4 is 21.6 Å². The molecule has 2 rings (SSSR count). The molecule has 0 aliphatic carbocycles. The third-order valence-corrected chi connectivity index (χ3v) is 5.13. The molecule has 1 aromatic carbocycles. The first-order valence-corrected chi connectivity index (χ1v) is 9.20. The maximum atomic E-state index is 12.5. The molecule has 0 saturated carbocycles. The number of rotatable bonds is 5. The largest absolute Gasteiger partial charge is 0.333 e. The Morgan fingerprint density at radius 1 is 1.36 bits per heavy atom. The highest BCUT2D eigenvalue weighted by Crippen LogP contribution is 2.15. The second kappa shape index (κ2) is 7.11. The van der Waals surface area contributed by atoms with Gasteiger partial charge in [-0.1, -0.05) is 6.92 Å². The lowest BCUT2D eigenvalue weighted by Gasteiger charge is -2.34. The Hall–Kier alpha value is -1.60. The quantitative estimate of drug-likeness (QED) is 0.854. The Kier molecular flexibility index (Phi) is 5.42. The third kappa shape index (κ3) is 4.20. The summed E-state index contributed by atoms with van der Waals surface area (Å²) >= 11 is 0. The zero-order valence-electron chi connectivity index (χ0n) is 13.0. The molecule has 0 aromatic heterocycles. The van der Waals surface area contributed by atoms with Gasteiger partial charge in [-0.05, 0) is 37.6 Å². The minimum absolute atomic E-state index is 0.0167. The Morgan fingerprint density at radius 3 is 2.64 bits per heavy atom. The summed E-state index contributed by atoms with van der Waals surface area (Å²) in [5.41, 5.74) is 1.06. The minimum atomic E-state index is -3.30. The molecule has 1 heterocycles. The number of hydrogen-bond acceptors (Lipinski definition) is 4. The monoisotopic (exact) mass is 325 g/mol. The fourth-order valence-corrected chi connectivity index (χ4v) is 3.62. The van der Waals surface area contributed by atoms with Gasteiger partial charge in [0.05, 0.1) is 5.75 Å². The summed E-state index contributed by atoms with van der Waals surface area (Å²) in [4.78, 5) is 14.3. The molecule has 1 amide bonds. The first-order chi connectivity index (χ1) is 10.4. The number of piperazine rings is 1. The lowest BCUT2D eigenvalue weighted by Crippen LogP contribution is -2.52. The van der Waals surface area contributed by atoms with Crippen molar-refractivity contribution in [2.45, 2.75) is 26.3 Å². The predicted molar refractivity (Wildman–Crippen MR) is 87.5 cm³/mol. The van der Waals surface area contributed by atoms with E-state index in [4.69, 9.17) is 0 Å². The summed E-state index contributed by atoms with van der Waals surface area (Å²) < 4.78 is 25.9. The van der Waals surface area contributed by atoms with Crippen LogP contribution in [0.2, 0.25) is 0 Å². The summed E-state index contributed by atoms with van der Waals surface area (Å²) in [6, 6.07) is 6.76. The van der Waals surface area contributed by atoms with Gasteiger partial charge in [-0.2, -0.15) is 0 Å². The number of sulfonamides is 1. The standard InChI is InChI=1S/C15H23N3O3S/c1-3-10-22(20,21)17-14-6-4-13(5-7-14)15(19)18-9-8-16-11-12(18)2/h4-7,12,16-17H,3,8-11H2,1-2H3/t12-/m0/s1. The molecular formula is C15H23N3O3S. The predicted octanol–water partition coefficient (Wildman–Crippen LogP) is 1.27. The molecule has 6 nitrogen and oxygen atoms in total. The van der Waals surface area contributed by atoms with Gasteiger partial charge in [0.15, 0.2) is 0 Å². The number of benzene rings is 1. The number of carbonyl (C=O) groups is 1. The molecule has 1 aliphatic heterocycles. The summed E-state index contributed by atoms with van der Waals surface area (Å²) in [6.07, 6.45) is 0.562. The second-order valence-corrected chi connectivity index (χ2v) is 7.39. The Morgan fingerprint density at radius 2 is 2.05 bits per heavy atom. The van der Waals surface area contributed by atoms with Gasteiger partial charge in [0.1, 0.15) is 0 Å². The molecule has 1 atom stereocenters. The molecule has 0 bridgehead atoms. The molecule has 1 aromatic rings. The minimum Gasteiger partial charge on any atom is -0.333 e. The summed E-state index contributed by atoms with van der Waals surface area (Å²) in [5.74, 6) is 0.0726.